The summed E-state index contributed by atoms with van der Waals surface area (Å²) in [5, 5.41) is 5.74. The number of carbonyl (C=O) groups excluding carboxylic acids is 3. The zero-order valence-electron chi connectivity index (χ0n) is 17.8. The number of fused-ring (bicyclic) bond motifs is 2. The zero-order valence-corrected chi connectivity index (χ0v) is 17.8. The summed E-state index contributed by atoms with van der Waals surface area (Å²) in [7, 11) is 0. The lowest BCUT2D eigenvalue weighted by Gasteiger charge is -2.27. The molecule has 2 aliphatic heterocycles. The van der Waals surface area contributed by atoms with E-state index in [1.165, 1.54) is 5.56 Å². The highest BCUT2D eigenvalue weighted by Crippen LogP contribution is 2.37. The maximum atomic E-state index is 13.2. The van der Waals surface area contributed by atoms with Crippen LogP contribution >= 0.6 is 0 Å². The minimum Gasteiger partial charge on any atom is -0.486 e. The van der Waals surface area contributed by atoms with Crippen LogP contribution in [0.3, 0.4) is 0 Å². The topological polar surface area (TPSA) is 97.0 Å². The third-order valence-electron chi connectivity index (χ3n) is 6.40. The summed E-state index contributed by atoms with van der Waals surface area (Å²) in [6.45, 7) is 2.19. The normalized spacial score (nSPS) is 24.0. The molecule has 0 unspecified atom stereocenters. The molecule has 2 heterocycles. The molecule has 0 aromatic heterocycles. The van der Waals surface area contributed by atoms with Crippen LogP contribution in [0, 0.1) is 0 Å². The Kier molecular flexibility index (Phi) is 5.00. The van der Waals surface area contributed by atoms with Crippen LogP contribution < -0.4 is 20.1 Å². The first kappa shape index (κ1) is 20.4. The van der Waals surface area contributed by atoms with E-state index in [1.54, 1.807) is 25.1 Å². The molecule has 2 atom stereocenters. The van der Waals surface area contributed by atoms with Crippen LogP contribution in [0.25, 0.3) is 0 Å². The van der Waals surface area contributed by atoms with E-state index < -0.39 is 17.5 Å². The molecule has 32 heavy (non-hydrogen) atoms. The summed E-state index contributed by atoms with van der Waals surface area (Å²) in [6, 6.07) is 12.5. The third-order valence-corrected chi connectivity index (χ3v) is 6.40. The highest BCUT2D eigenvalue weighted by Gasteiger charge is 2.50. The van der Waals surface area contributed by atoms with Crippen molar-refractivity contribution < 1.29 is 23.9 Å². The monoisotopic (exact) mass is 435 g/mol. The summed E-state index contributed by atoms with van der Waals surface area (Å²) >= 11 is 0. The number of hydrogen-bond acceptors (Lipinski definition) is 5. The molecule has 2 aromatic carbocycles. The van der Waals surface area contributed by atoms with Gasteiger partial charge in [-0.15, -0.1) is 0 Å². The van der Waals surface area contributed by atoms with Crippen molar-refractivity contribution in [1.82, 2.24) is 15.5 Å². The molecule has 1 saturated heterocycles. The van der Waals surface area contributed by atoms with E-state index in [0.717, 1.165) is 29.7 Å². The fourth-order valence-electron chi connectivity index (χ4n) is 4.68. The van der Waals surface area contributed by atoms with Gasteiger partial charge in [0.15, 0.2) is 11.5 Å². The van der Waals surface area contributed by atoms with Crippen molar-refractivity contribution in [2.24, 2.45) is 0 Å². The number of ether oxygens (including phenoxy) is 2. The fraction of sp³-hybridized carbons (Fsp3) is 0.375. The number of nitrogens with one attached hydrogen (secondary N) is 2. The van der Waals surface area contributed by atoms with Crippen molar-refractivity contribution in [2.45, 2.75) is 37.8 Å². The van der Waals surface area contributed by atoms with E-state index in [9.17, 15) is 14.4 Å². The van der Waals surface area contributed by atoms with E-state index in [4.69, 9.17) is 9.47 Å². The lowest BCUT2D eigenvalue weighted by molar-refractivity contribution is -0.135. The molecule has 166 valence electrons. The predicted octanol–water partition coefficient (Wildman–Crippen LogP) is 2.42. The van der Waals surface area contributed by atoms with Gasteiger partial charge in [0.25, 0.3) is 5.91 Å². The van der Waals surface area contributed by atoms with Crippen LogP contribution in [0.5, 0.6) is 11.5 Å². The minimum absolute atomic E-state index is 0.114. The van der Waals surface area contributed by atoms with Gasteiger partial charge in [-0.3, -0.25) is 14.5 Å². The molecule has 5 rings (SSSR count). The Morgan fingerprint density at radius 1 is 1.16 bits per heavy atom. The van der Waals surface area contributed by atoms with Crippen molar-refractivity contribution in [3.05, 3.63) is 59.2 Å². The number of hydrogen-bond donors (Lipinski definition) is 2. The predicted molar refractivity (Wildman–Crippen MR) is 115 cm³/mol. The van der Waals surface area contributed by atoms with E-state index >= 15 is 0 Å². The Labute approximate surface area is 185 Å². The fourth-order valence-corrected chi connectivity index (χ4v) is 4.68. The first-order valence-electron chi connectivity index (χ1n) is 10.9. The van der Waals surface area contributed by atoms with Gasteiger partial charge in [0.1, 0.15) is 25.3 Å². The number of rotatable bonds is 4. The van der Waals surface area contributed by atoms with Crippen molar-refractivity contribution in [3.63, 3.8) is 0 Å². The molecule has 1 aliphatic carbocycles. The highest BCUT2D eigenvalue weighted by molar-refractivity contribution is 6.09. The number of imide groups is 1. The van der Waals surface area contributed by atoms with Crippen LogP contribution in [0.1, 0.15) is 42.5 Å². The van der Waals surface area contributed by atoms with Crippen LogP contribution in [0.4, 0.5) is 4.79 Å². The zero-order chi connectivity index (χ0) is 22.3. The molecule has 2 N–H and O–H groups in total. The van der Waals surface area contributed by atoms with Crippen molar-refractivity contribution in [1.29, 1.82) is 0 Å². The SMILES string of the molecule is C[C@]1(c2ccc3c(c2)OCCO3)NC(=O)N(CC(=O)N[C@H]2CCCc3ccccc32)C1=O. The average Bonchev–Trinajstić information content (AvgIpc) is 3.03. The molecule has 3 aliphatic rings. The van der Waals surface area contributed by atoms with Gasteiger partial charge in [-0.1, -0.05) is 30.3 Å². The molecule has 8 nitrogen and oxygen atoms in total. The number of carbonyl (C=O) groups is 3. The van der Waals surface area contributed by atoms with Crippen LogP contribution in [0.2, 0.25) is 0 Å². The van der Waals surface area contributed by atoms with Gasteiger partial charge in [0.05, 0.1) is 6.04 Å². The molecule has 4 amide bonds. The minimum atomic E-state index is -1.29. The Balaban J connectivity index is 1.31. The van der Waals surface area contributed by atoms with Gasteiger partial charge in [0.2, 0.25) is 5.91 Å². The van der Waals surface area contributed by atoms with Crippen LogP contribution in [0.15, 0.2) is 42.5 Å². The first-order valence-corrected chi connectivity index (χ1v) is 10.9. The summed E-state index contributed by atoms with van der Waals surface area (Å²) < 4.78 is 11.1. The Bertz CT molecular complexity index is 1100. The van der Waals surface area contributed by atoms with Crippen molar-refractivity contribution in [2.75, 3.05) is 19.8 Å². The van der Waals surface area contributed by atoms with E-state index in [2.05, 4.69) is 16.7 Å². The van der Waals surface area contributed by atoms with Crippen molar-refractivity contribution in [3.8, 4) is 11.5 Å². The second kappa shape index (κ2) is 7.85. The molecule has 2 aromatic rings. The second-order valence-corrected chi connectivity index (χ2v) is 8.52. The Morgan fingerprint density at radius 3 is 2.78 bits per heavy atom. The van der Waals surface area contributed by atoms with Crippen molar-refractivity contribution >= 4 is 17.8 Å². The molecule has 0 radical (unpaired) electrons. The molecular formula is C24H25N3O5. The Hall–Kier alpha value is -3.55. The van der Waals surface area contributed by atoms with Gasteiger partial charge in [-0.2, -0.15) is 0 Å². The quantitative estimate of drug-likeness (QED) is 0.719. The summed E-state index contributed by atoms with van der Waals surface area (Å²) in [5.74, 6) is 0.300. The van der Waals surface area contributed by atoms with Gasteiger partial charge >= 0.3 is 6.03 Å². The van der Waals surface area contributed by atoms with Gasteiger partial charge in [-0.25, -0.2) is 4.79 Å². The largest absolute Gasteiger partial charge is 0.486 e. The number of aryl methyl sites for hydroxylation is 1. The summed E-state index contributed by atoms with van der Waals surface area (Å²) in [6.07, 6.45) is 2.80. The molecule has 0 spiro atoms. The van der Waals surface area contributed by atoms with Gasteiger partial charge < -0.3 is 20.1 Å². The number of nitrogens with zero attached hydrogens (tertiary/aromatic N) is 1. The van der Waals surface area contributed by atoms with E-state index in [1.807, 2.05) is 18.2 Å². The van der Waals surface area contributed by atoms with Gasteiger partial charge in [-0.05, 0) is 55.0 Å². The van der Waals surface area contributed by atoms with E-state index in [-0.39, 0.29) is 18.5 Å². The maximum absolute atomic E-state index is 13.2. The Morgan fingerprint density at radius 2 is 1.94 bits per heavy atom. The first-order chi connectivity index (χ1) is 15.5. The molecule has 0 bridgehead atoms. The third kappa shape index (κ3) is 3.45. The highest BCUT2D eigenvalue weighted by atomic mass is 16.6. The maximum Gasteiger partial charge on any atom is 0.325 e. The average molecular weight is 435 g/mol. The standard InChI is InChI=1S/C24H25N3O5/c1-24(16-9-10-19-20(13-16)32-12-11-31-19)22(29)27(23(30)26-24)14-21(28)25-18-8-4-6-15-5-2-3-7-17(15)18/h2-3,5,7,9-10,13,18H,4,6,8,11-12,14H2,1H3,(H,25,28)(H,26,30)/t18-,24+/m0/s1. The van der Waals surface area contributed by atoms with E-state index in [0.29, 0.717) is 30.3 Å². The van der Waals surface area contributed by atoms with Crippen LogP contribution in [-0.4, -0.2) is 42.5 Å². The van der Waals surface area contributed by atoms with Crippen LogP contribution in [-0.2, 0) is 21.5 Å². The van der Waals surface area contributed by atoms with Gasteiger partial charge in [0, 0.05) is 0 Å². The summed E-state index contributed by atoms with van der Waals surface area (Å²) in [4.78, 5) is 39.6. The molecular weight excluding hydrogens is 410 g/mol. The molecule has 1 fully saturated rings. The number of amides is 4. The lowest BCUT2D eigenvalue weighted by atomic mass is 9.88. The lowest BCUT2D eigenvalue weighted by Crippen LogP contribution is -2.44. The smallest absolute Gasteiger partial charge is 0.325 e. The number of benzene rings is 2. The molecule has 8 heteroatoms. The molecule has 0 saturated carbocycles. The summed E-state index contributed by atoms with van der Waals surface area (Å²) in [5.41, 5.74) is 1.62. The second-order valence-electron chi connectivity index (χ2n) is 8.52. The number of urea groups is 1.